The highest BCUT2D eigenvalue weighted by Crippen LogP contribution is 2.31. The summed E-state index contributed by atoms with van der Waals surface area (Å²) in [5.41, 5.74) is 0. The lowest BCUT2D eigenvalue weighted by atomic mass is 10.3. The number of thiol groups is 1. The van der Waals surface area contributed by atoms with Crippen LogP contribution in [0.1, 0.15) is 13.8 Å². The highest BCUT2D eigenvalue weighted by atomic mass is 79.9. The van der Waals surface area contributed by atoms with Crippen LogP contribution in [-0.2, 0) is 0 Å². The summed E-state index contributed by atoms with van der Waals surface area (Å²) in [6.07, 6.45) is 0.176. The summed E-state index contributed by atoms with van der Waals surface area (Å²) in [6.45, 7) is 3.99. The van der Waals surface area contributed by atoms with E-state index in [0.29, 0.717) is 0 Å². The lowest BCUT2D eigenvalue weighted by Crippen LogP contribution is -2.06. The Morgan fingerprint density at radius 3 is 2.58 bits per heavy atom. The second kappa shape index (κ2) is 4.19. The molecule has 0 aliphatic carbocycles. The molecule has 0 aliphatic rings. The quantitative estimate of drug-likeness (QED) is 0.786. The van der Waals surface area contributed by atoms with Gasteiger partial charge in [0.25, 0.3) is 0 Å². The molecule has 12 heavy (non-hydrogen) atoms. The van der Waals surface area contributed by atoms with Gasteiger partial charge in [-0.3, -0.25) is 0 Å². The minimum Gasteiger partial charge on any atom is -0.489 e. The molecule has 0 atom stereocenters. The Kier molecular flexibility index (Phi) is 3.47. The molecule has 0 aliphatic heterocycles. The van der Waals surface area contributed by atoms with Crippen LogP contribution in [0.15, 0.2) is 27.6 Å². The van der Waals surface area contributed by atoms with E-state index < -0.39 is 0 Å². The third-order valence-corrected chi connectivity index (χ3v) is 2.28. The molecule has 1 aromatic rings. The molecule has 0 amide bonds. The summed E-state index contributed by atoms with van der Waals surface area (Å²) in [5, 5.41) is 0. The minimum atomic E-state index is 0.176. The largest absolute Gasteiger partial charge is 0.489 e. The maximum Gasteiger partial charge on any atom is 0.147 e. The predicted molar refractivity (Wildman–Crippen MR) is 57.2 cm³/mol. The summed E-state index contributed by atoms with van der Waals surface area (Å²) in [7, 11) is 0. The van der Waals surface area contributed by atoms with Crippen molar-refractivity contribution in [2.75, 3.05) is 0 Å². The van der Waals surface area contributed by atoms with E-state index in [1.807, 2.05) is 32.0 Å². The average Bonchev–Trinajstić information content (AvgIpc) is 1.97. The van der Waals surface area contributed by atoms with Crippen molar-refractivity contribution < 1.29 is 4.74 Å². The van der Waals surface area contributed by atoms with Crippen LogP contribution >= 0.6 is 28.6 Å². The number of rotatable bonds is 2. The van der Waals surface area contributed by atoms with Crippen molar-refractivity contribution in [3.63, 3.8) is 0 Å². The average molecular weight is 247 g/mol. The van der Waals surface area contributed by atoms with E-state index in [0.717, 1.165) is 15.1 Å². The van der Waals surface area contributed by atoms with Gasteiger partial charge in [-0.15, -0.1) is 12.6 Å². The van der Waals surface area contributed by atoms with Gasteiger partial charge in [0.15, 0.2) is 0 Å². The van der Waals surface area contributed by atoms with Crippen molar-refractivity contribution in [3.8, 4) is 5.75 Å². The first kappa shape index (κ1) is 9.93. The fourth-order valence-electron chi connectivity index (χ4n) is 0.850. The monoisotopic (exact) mass is 246 g/mol. The van der Waals surface area contributed by atoms with Crippen molar-refractivity contribution >= 4 is 28.6 Å². The highest BCUT2D eigenvalue weighted by Gasteiger charge is 2.05. The standard InChI is InChI=1S/C9H11BrOS/c1-6(2)11-9-7(10)4-3-5-8(9)12/h3-6,12H,1-2H3. The Balaban J connectivity index is 2.96. The van der Waals surface area contributed by atoms with Gasteiger partial charge in [-0.05, 0) is 41.9 Å². The van der Waals surface area contributed by atoms with E-state index in [4.69, 9.17) is 4.74 Å². The van der Waals surface area contributed by atoms with E-state index in [9.17, 15) is 0 Å². The zero-order valence-corrected chi connectivity index (χ0v) is 9.52. The summed E-state index contributed by atoms with van der Waals surface area (Å²) in [5.74, 6) is 0.816. The van der Waals surface area contributed by atoms with Gasteiger partial charge in [-0.1, -0.05) is 6.07 Å². The zero-order valence-electron chi connectivity index (χ0n) is 7.04. The zero-order chi connectivity index (χ0) is 9.14. The molecule has 66 valence electrons. The number of hydrogen-bond donors (Lipinski definition) is 1. The topological polar surface area (TPSA) is 9.23 Å². The molecule has 0 saturated carbocycles. The Morgan fingerprint density at radius 2 is 2.08 bits per heavy atom. The molecule has 0 aromatic heterocycles. The summed E-state index contributed by atoms with van der Waals surface area (Å²) >= 11 is 7.69. The molecule has 0 spiro atoms. The lowest BCUT2D eigenvalue weighted by molar-refractivity contribution is 0.235. The van der Waals surface area contributed by atoms with Crippen molar-refractivity contribution in [2.24, 2.45) is 0 Å². The van der Waals surface area contributed by atoms with Crippen LogP contribution in [0.2, 0.25) is 0 Å². The second-order valence-electron chi connectivity index (χ2n) is 2.75. The summed E-state index contributed by atoms with van der Waals surface area (Å²) in [4.78, 5) is 0.859. The third-order valence-electron chi connectivity index (χ3n) is 1.30. The van der Waals surface area contributed by atoms with E-state index in [2.05, 4.69) is 28.6 Å². The van der Waals surface area contributed by atoms with Gasteiger partial charge in [0, 0.05) is 4.90 Å². The number of para-hydroxylation sites is 1. The number of benzene rings is 1. The van der Waals surface area contributed by atoms with Crippen LogP contribution in [0.3, 0.4) is 0 Å². The first-order valence-electron chi connectivity index (χ1n) is 3.75. The smallest absolute Gasteiger partial charge is 0.147 e. The van der Waals surface area contributed by atoms with Gasteiger partial charge in [-0.25, -0.2) is 0 Å². The van der Waals surface area contributed by atoms with E-state index in [1.165, 1.54) is 0 Å². The van der Waals surface area contributed by atoms with E-state index in [1.54, 1.807) is 0 Å². The Hall–Kier alpha value is -0.150. The van der Waals surface area contributed by atoms with Crippen molar-refractivity contribution in [2.45, 2.75) is 24.8 Å². The molecule has 0 bridgehead atoms. The highest BCUT2D eigenvalue weighted by molar-refractivity contribution is 9.10. The third kappa shape index (κ3) is 2.42. The fraction of sp³-hybridized carbons (Fsp3) is 0.333. The molecule has 0 radical (unpaired) electrons. The second-order valence-corrected chi connectivity index (χ2v) is 4.09. The normalized spacial score (nSPS) is 10.4. The predicted octanol–water partition coefficient (Wildman–Crippen LogP) is 3.53. The summed E-state index contributed by atoms with van der Waals surface area (Å²) < 4.78 is 6.50. The Bertz CT molecular complexity index is 253. The van der Waals surface area contributed by atoms with Crippen molar-refractivity contribution in [1.29, 1.82) is 0 Å². The fourth-order valence-corrected chi connectivity index (χ4v) is 1.72. The van der Waals surface area contributed by atoms with E-state index >= 15 is 0 Å². The SMILES string of the molecule is CC(C)Oc1c(S)cccc1Br. The van der Waals surface area contributed by atoms with Crippen molar-refractivity contribution in [3.05, 3.63) is 22.7 Å². The summed E-state index contributed by atoms with van der Waals surface area (Å²) in [6, 6.07) is 5.78. The molecule has 0 heterocycles. The van der Waals surface area contributed by atoms with Crippen LogP contribution in [-0.4, -0.2) is 6.10 Å². The molecule has 1 rings (SSSR count). The maximum absolute atomic E-state index is 5.55. The molecule has 0 saturated heterocycles. The minimum absolute atomic E-state index is 0.176. The van der Waals surface area contributed by atoms with Gasteiger partial charge < -0.3 is 4.74 Å². The molecule has 0 fully saturated rings. The molecule has 0 N–H and O–H groups in total. The molecule has 3 heteroatoms. The first-order valence-corrected chi connectivity index (χ1v) is 4.99. The van der Waals surface area contributed by atoms with Gasteiger partial charge in [-0.2, -0.15) is 0 Å². The maximum atomic E-state index is 5.55. The molecule has 1 nitrogen and oxygen atoms in total. The van der Waals surface area contributed by atoms with Crippen LogP contribution in [0.5, 0.6) is 5.75 Å². The Labute approximate surface area is 86.7 Å². The van der Waals surface area contributed by atoms with Gasteiger partial charge >= 0.3 is 0 Å². The number of ether oxygens (including phenoxy) is 1. The van der Waals surface area contributed by atoms with Gasteiger partial charge in [0.1, 0.15) is 5.75 Å². The number of halogens is 1. The van der Waals surface area contributed by atoms with Crippen LogP contribution in [0.25, 0.3) is 0 Å². The van der Waals surface area contributed by atoms with E-state index in [-0.39, 0.29) is 6.10 Å². The van der Waals surface area contributed by atoms with Gasteiger partial charge in [0.2, 0.25) is 0 Å². The molecule has 0 unspecified atom stereocenters. The Morgan fingerprint density at radius 1 is 1.42 bits per heavy atom. The molecular weight excluding hydrogens is 236 g/mol. The first-order chi connectivity index (χ1) is 5.61. The van der Waals surface area contributed by atoms with Crippen LogP contribution in [0, 0.1) is 0 Å². The lowest BCUT2D eigenvalue weighted by Gasteiger charge is -2.12. The van der Waals surface area contributed by atoms with Crippen LogP contribution in [0.4, 0.5) is 0 Å². The molecular formula is C9H11BrOS. The molecule has 1 aromatic carbocycles. The number of hydrogen-bond acceptors (Lipinski definition) is 2. The van der Waals surface area contributed by atoms with Crippen LogP contribution < -0.4 is 4.74 Å². The van der Waals surface area contributed by atoms with Gasteiger partial charge in [0.05, 0.1) is 10.6 Å². The van der Waals surface area contributed by atoms with Crippen molar-refractivity contribution in [1.82, 2.24) is 0 Å².